The lowest BCUT2D eigenvalue weighted by Crippen LogP contribution is -1.83. The van der Waals surface area contributed by atoms with Crippen LogP contribution in [0.5, 0.6) is 0 Å². The molecule has 1 unspecified atom stereocenters. The van der Waals surface area contributed by atoms with Gasteiger partial charge in [-0.25, -0.2) is 4.21 Å². The van der Waals surface area contributed by atoms with Gasteiger partial charge in [0.25, 0.3) is 11.3 Å². The summed E-state index contributed by atoms with van der Waals surface area (Å²) < 4.78 is 21.7. The molecule has 0 bridgehead atoms. The van der Waals surface area contributed by atoms with Crippen LogP contribution < -0.4 is 0 Å². The lowest BCUT2D eigenvalue weighted by molar-refractivity contribution is 0.566. The first-order valence-corrected chi connectivity index (χ1v) is 4.05. The average Bonchev–Trinajstić information content (AvgIpc) is 2.03. The molecule has 1 atom stereocenters. The van der Waals surface area contributed by atoms with Gasteiger partial charge in [0.1, 0.15) is 0 Å². The maximum Gasteiger partial charge on any atom is 0.281 e. The summed E-state index contributed by atoms with van der Waals surface area (Å²) in [5.74, 6) is 0. The molecule has 0 saturated heterocycles. The maximum absolute atomic E-state index is 10.1. The molecule has 0 aromatic heterocycles. The predicted molar refractivity (Wildman–Crippen MR) is 44.8 cm³/mol. The van der Waals surface area contributed by atoms with Crippen LogP contribution in [0.15, 0.2) is 34.7 Å². The van der Waals surface area contributed by atoms with Gasteiger partial charge in [-0.1, -0.05) is 30.3 Å². The Labute approximate surface area is 67.2 Å². The summed E-state index contributed by atoms with van der Waals surface area (Å²) in [5, 5.41) is 0. The van der Waals surface area contributed by atoms with E-state index < -0.39 is 11.3 Å². The van der Waals surface area contributed by atoms with Crippen molar-refractivity contribution in [3.05, 3.63) is 35.9 Å². The van der Waals surface area contributed by atoms with Crippen molar-refractivity contribution in [2.45, 2.75) is 0 Å². The Bertz CT molecular complexity index is 271. The Balaban J connectivity index is 2.72. The van der Waals surface area contributed by atoms with Crippen LogP contribution in [-0.2, 0) is 11.3 Å². The number of hydrogen-bond acceptors (Lipinski definition) is 1. The molecular weight excluding hydrogens is 162 g/mol. The molecule has 1 aromatic carbocycles. The first-order chi connectivity index (χ1) is 5.29. The molecule has 0 heterocycles. The van der Waals surface area contributed by atoms with Crippen LogP contribution in [0.4, 0.5) is 0 Å². The second kappa shape index (κ2) is 4.00. The molecule has 0 fully saturated rings. The van der Waals surface area contributed by atoms with Crippen molar-refractivity contribution in [3.63, 3.8) is 0 Å². The second-order valence-electron chi connectivity index (χ2n) is 1.88. The van der Waals surface area contributed by atoms with Gasteiger partial charge in [-0.15, -0.1) is 0 Å². The Kier molecular flexibility index (Phi) is 2.95. The smallest absolute Gasteiger partial charge is 0.281 e. The van der Waals surface area contributed by atoms with Crippen molar-refractivity contribution in [3.8, 4) is 0 Å². The largest absolute Gasteiger partial charge is 0.288 e. The summed E-state index contributed by atoms with van der Waals surface area (Å²) in [6.45, 7) is 0. The van der Waals surface area contributed by atoms with Gasteiger partial charge in [0, 0.05) is 6.21 Å². The molecule has 0 radical (unpaired) electrons. The molecule has 0 amide bonds. The zero-order valence-electron chi connectivity index (χ0n) is 5.68. The zero-order chi connectivity index (χ0) is 8.10. The van der Waals surface area contributed by atoms with Crippen LogP contribution >= 0.6 is 0 Å². The van der Waals surface area contributed by atoms with E-state index in [1.165, 1.54) is 6.21 Å². The quantitative estimate of drug-likeness (QED) is 0.535. The van der Waals surface area contributed by atoms with Crippen LogP contribution in [0.2, 0.25) is 0 Å². The van der Waals surface area contributed by atoms with Gasteiger partial charge in [-0.2, -0.15) is 4.40 Å². The maximum atomic E-state index is 10.1. The molecule has 0 aliphatic rings. The van der Waals surface area contributed by atoms with Gasteiger partial charge in [0.2, 0.25) is 0 Å². The highest BCUT2D eigenvalue weighted by molar-refractivity contribution is 7.77. The van der Waals surface area contributed by atoms with Crippen molar-refractivity contribution >= 4 is 17.5 Å². The summed E-state index contributed by atoms with van der Waals surface area (Å²) in [4.78, 5) is 0. The Morgan fingerprint density at radius 2 is 2.00 bits per heavy atom. The summed E-state index contributed by atoms with van der Waals surface area (Å²) >= 11 is -2.10. The molecule has 3 nitrogen and oxygen atoms in total. The predicted octanol–water partition coefficient (Wildman–Crippen LogP) is 1.24. The molecule has 0 aliphatic carbocycles. The van der Waals surface area contributed by atoms with Crippen LogP contribution in [0.3, 0.4) is 0 Å². The second-order valence-corrected chi connectivity index (χ2v) is 2.55. The molecular formula is C7H7NO2S. The Hall–Kier alpha value is -1.00. The molecule has 1 aromatic rings. The van der Waals surface area contributed by atoms with Crippen molar-refractivity contribution in [1.82, 2.24) is 0 Å². The molecule has 1 N–H and O–H groups in total. The minimum atomic E-state index is -2.10. The van der Waals surface area contributed by atoms with Crippen molar-refractivity contribution in [2.75, 3.05) is 0 Å². The van der Waals surface area contributed by atoms with Gasteiger partial charge in [0.15, 0.2) is 0 Å². The lowest BCUT2D eigenvalue weighted by Gasteiger charge is -1.87. The Morgan fingerprint density at radius 3 is 2.55 bits per heavy atom. The molecule has 0 saturated carbocycles. The first kappa shape index (κ1) is 8.10. The third-order valence-corrected chi connectivity index (χ3v) is 1.38. The summed E-state index contributed by atoms with van der Waals surface area (Å²) in [7, 11) is 0. The normalized spacial score (nSPS) is 13.5. The van der Waals surface area contributed by atoms with E-state index in [2.05, 4.69) is 4.40 Å². The van der Waals surface area contributed by atoms with E-state index in [9.17, 15) is 4.21 Å². The monoisotopic (exact) mass is 169 g/mol. The molecule has 4 heteroatoms. The van der Waals surface area contributed by atoms with E-state index in [4.69, 9.17) is 4.55 Å². The summed E-state index contributed by atoms with van der Waals surface area (Å²) in [6.07, 6.45) is 1.36. The van der Waals surface area contributed by atoms with E-state index in [1.807, 2.05) is 18.2 Å². The van der Waals surface area contributed by atoms with Crippen LogP contribution in [0, 0.1) is 0 Å². The first-order valence-electron chi connectivity index (χ1n) is 2.99. The highest BCUT2D eigenvalue weighted by atomic mass is 32.2. The van der Waals surface area contributed by atoms with E-state index in [1.54, 1.807) is 12.1 Å². The third kappa shape index (κ3) is 3.06. The van der Waals surface area contributed by atoms with Crippen molar-refractivity contribution < 1.29 is 8.76 Å². The fourth-order valence-electron chi connectivity index (χ4n) is 0.645. The number of hydrogen-bond donors (Lipinski definition) is 1. The fourth-order valence-corrected chi connectivity index (χ4v) is 0.857. The van der Waals surface area contributed by atoms with Gasteiger partial charge >= 0.3 is 0 Å². The highest BCUT2D eigenvalue weighted by Gasteiger charge is 1.84. The standard InChI is InChI=1S/C7H7NO2S/c9-11(10)8-6-7-4-2-1-3-5-7/h1-6H,(H,9,10). The number of rotatable bonds is 2. The highest BCUT2D eigenvalue weighted by Crippen LogP contribution is 1.93. The average molecular weight is 169 g/mol. The Morgan fingerprint density at radius 1 is 1.36 bits per heavy atom. The van der Waals surface area contributed by atoms with Crippen molar-refractivity contribution in [2.24, 2.45) is 4.40 Å². The minimum absolute atomic E-state index is 0.815. The van der Waals surface area contributed by atoms with E-state index in [0.29, 0.717) is 0 Å². The minimum Gasteiger partial charge on any atom is -0.288 e. The topological polar surface area (TPSA) is 49.7 Å². The van der Waals surface area contributed by atoms with E-state index in [-0.39, 0.29) is 0 Å². The molecule has 11 heavy (non-hydrogen) atoms. The summed E-state index contributed by atoms with van der Waals surface area (Å²) in [6, 6.07) is 9.14. The van der Waals surface area contributed by atoms with Gasteiger partial charge in [-0.05, 0) is 5.56 Å². The molecule has 0 aliphatic heterocycles. The van der Waals surface area contributed by atoms with Crippen molar-refractivity contribution in [1.29, 1.82) is 0 Å². The van der Waals surface area contributed by atoms with Crippen LogP contribution in [0.25, 0.3) is 0 Å². The fraction of sp³-hybridized carbons (Fsp3) is 0. The van der Waals surface area contributed by atoms with E-state index >= 15 is 0 Å². The molecule has 0 spiro atoms. The van der Waals surface area contributed by atoms with Crippen LogP contribution in [0.1, 0.15) is 5.56 Å². The summed E-state index contributed by atoms with van der Waals surface area (Å²) in [5.41, 5.74) is 0.815. The van der Waals surface area contributed by atoms with Crippen LogP contribution in [-0.4, -0.2) is 15.0 Å². The third-order valence-electron chi connectivity index (χ3n) is 1.09. The van der Waals surface area contributed by atoms with Gasteiger partial charge in [-0.3, -0.25) is 4.55 Å². The lowest BCUT2D eigenvalue weighted by atomic mass is 10.2. The number of nitrogens with zero attached hydrogens (tertiary/aromatic N) is 1. The van der Waals surface area contributed by atoms with Gasteiger partial charge in [0.05, 0.1) is 0 Å². The number of benzene rings is 1. The zero-order valence-corrected chi connectivity index (χ0v) is 6.49. The van der Waals surface area contributed by atoms with E-state index in [0.717, 1.165) is 5.56 Å². The van der Waals surface area contributed by atoms with Gasteiger partial charge < -0.3 is 0 Å². The molecule has 1 rings (SSSR count). The molecule has 58 valence electrons. The SMILES string of the molecule is O=S(O)N=Cc1ccccc1.